The van der Waals surface area contributed by atoms with Crippen LogP contribution in [-0.2, 0) is 5.41 Å². The van der Waals surface area contributed by atoms with Crippen molar-refractivity contribution in [3.8, 4) is 78.4 Å². The molecule has 0 amide bonds. The summed E-state index contributed by atoms with van der Waals surface area (Å²) in [5.74, 6) is 0.705. The van der Waals surface area contributed by atoms with Gasteiger partial charge in [0.25, 0.3) is 0 Å². The minimum atomic E-state index is 0.0341. The number of fused-ring (bicyclic) bond motifs is 8. The van der Waals surface area contributed by atoms with Gasteiger partial charge in [-0.25, -0.2) is 9.97 Å². The Balaban J connectivity index is 1.03. The first-order valence-electron chi connectivity index (χ1n) is 23.5. The number of rotatable bonds is 6. The Bertz CT molecular complexity index is 3600. The Morgan fingerprint density at radius 1 is 0.303 bits per heavy atom. The third-order valence-corrected chi connectivity index (χ3v) is 14.7. The summed E-state index contributed by atoms with van der Waals surface area (Å²) >= 11 is 0. The number of nitrogens with zero attached hydrogens (tertiary/aromatic N) is 2. The third kappa shape index (κ3) is 6.16. The molecule has 2 nitrogen and oxygen atoms in total. The van der Waals surface area contributed by atoms with Gasteiger partial charge in [0.1, 0.15) is 0 Å². The first kappa shape index (κ1) is 38.5. The molecule has 0 atom stereocenters. The number of hydrogen-bond donors (Lipinski definition) is 0. The van der Waals surface area contributed by atoms with E-state index in [0.29, 0.717) is 5.82 Å². The van der Waals surface area contributed by atoms with Crippen molar-refractivity contribution in [2.24, 2.45) is 0 Å². The molecule has 0 aliphatic heterocycles. The normalized spacial score (nSPS) is 13.9. The molecule has 10 aromatic carbocycles. The zero-order valence-electron chi connectivity index (χ0n) is 36.7. The first-order valence-corrected chi connectivity index (χ1v) is 23.5. The molecule has 1 fully saturated rings. The van der Waals surface area contributed by atoms with Crippen LogP contribution in [0.2, 0.25) is 0 Å². The summed E-state index contributed by atoms with van der Waals surface area (Å²) in [6.07, 6.45) is 6.22. The molecule has 1 heterocycles. The van der Waals surface area contributed by atoms with Crippen LogP contribution >= 0.6 is 0 Å². The molecule has 1 aromatic heterocycles. The molecule has 0 bridgehead atoms. The highest BCUT2D eigenvalue weighted by molar-refractivity contribution is 6.23. The second-order valence-electron chi connectivity index (χ2n) is 18.3. The van der Waals surface area contributed by atoms with Gasteiger partial charge >= 0.3 is 0 Å². The third-order valence-electron chi connectivity index (χ3n) is 14.7. The second-order valence-corrected chi connectivity index (χ2v) is 18.3. The van der Waals surface area contributed by atoms with Crippen molar-refractivity contribution in [3.05, 3.63) is 230 Å². The molecule has 0 radical (unpaired) electrons. The highest BCUT2D eigenvalue weighted by Gasteiger charge is 2.45. The van der Waals surface area contributed by atoms with Crippen LogP contribution < -0.4 is 0 Å². The minimum absolute atomic E-state index is 0.0341. The smallest absolute Gasteiger partial charge is 0.160 e. The van der Waals surface area contributed by atoms with Crippen molar-refractivity contribution in [1.29, 1.82) is 0 Å². The molecular weight excluding hydrogens is 797 g/mol. The highest BCUT2D eigenvalue weighted by atomic mass is 14.9. The van der Waals surface area contributed by atoms with Crippen molar-refractivity contribution in [2.45, 2.75) is 37.5 Å². The Morgan fingerprint density at radius 2 is 0.803 bits per heavy atom. The molecule has 0 saturated heterocycles. The average Bonchev–Trinajstić information content (AvgIpc) is 3.65. The van der Waals surface area contributed by atoms with Crippen LogP contribution in [0.25, 0.3) is 111 Å². The summed E-state index contributed by atoms with van der Waals surface area (Å²) in [5.41, 5.74) is 18.2. The molecule has 66 heavy (non-hydrogen) atoms. The minimum Gasteiger partial charge on any atom is -0.228 e. The highest BCUT2D eigenvalue weighted by Crippen LogP contribution is 2.60. The molecule has 312 valence electrons. The SMILES string of the molecule is c1ccc(-c2ccc(-c3cc(-c4ccccc4-c4c5ccccc5c(-c5cccc6c5-c5cc7ccccc7cc5C65CCCCC5)c5ccccc45)nc(-c4ccccc4)n3)cc2)cc1. The Hall–Kier alpha value is -7.94. The van der Waals surface area contributed by atoms with E-state index in [2.05, 4.69) is 212 Å². The summed E-state index contributed by atoms with van der Waals surface area (Å²) in [4.78, 5) is 10.6. The summed E-state index contributed by atoms with van der Waals surface area (Å²) in [6.45, 7) is 0. The van der Waals surface area contributed by atoms with E-state index in [-0.39, 0.29) is 5.41 Å². The van der Waals surface area contributed by atoms with Crippen LogP contribution in [0.15, 0.2) is 218 Å². The summed E-state index contributed by atoms with van der Waals surface area (Å²) in [6, 6.07) is 80.1. The molecule has 2 heteroatoms. The summed E-state index contributed by atoms with van der Waals surface area (Å²) in [5, 5.41) is 7.62. The number of hydrogen-bond acceptors (Lipinski definition) is 2. The number of aromatic nitrogens is 2. The molecule has 13 rings (SSSR count). The fraction of sp³-hybridized carbons (Fsp3) is 0.0938. The Kier molecular flexibility index (Phi) is 9.13. The lowest BCUT2D eigenvalue weighted by atomic mass is 9.67. The topological polar surface area (TPSA) is 25.8 Å². The average molecular weight is 843 g/mol. The van der Waals surface area contributed by atoms with Crippen LogP contribution in [0.5, 0.6) is 0 Å². The van der Waals surface area contributed by atoms with Gasteiger partial charge in [0.2, 0.25) is 0 Å². The maximum absolute atomic E-state index is 5.39. The molecule has 11 aromatic rings. The maximum Gasteiger partial charge on any atom is 0.160 e. The molecule has 2 aliphatic rings. The van der Waals surface area contributed by atoms with Gasteiger partial charge in [0, 0.05) is 22.1 Å². The van der Waals surface area contributed by atoms with E-state index in [1.807, 2.05) is 6.07 Å². The maximum atomic E-state index is 5.39. The summed E-state index contributed by atoms with van der Waals surface area (Å²) < 4.78 is 0. The monoisotopic (exact) mass is 842 g/mol. The van der Waals surface area contributed by atoms with Crippen LogP contribution in [0.1, 0.15) is 43.2 Å². The van der Waals surface area contributed by atoms with Crippen molar-refractivity contribution < 1.29 is 0 Å². The molecule has 1 spiro atoms. The number of benzene rings is 10. The first-order chi connectivity index (χ1) is 32.7. The van der Waals surface area contributed by atoms with Crippen molar-refractivity contribution >= 4 is 32.3 Å². The van der Waals surface area contributed by atoms with Crippen molar-refractivity contribution in [1.82, 2.24) is 9.97 Å². The summed E-state index contributed by atoms with van der Waals surface area (Å²) in [7, 11) is 0. The van der Waals surface area contributed by atoms with Gasteiger partial charge in [-0.1, -0.05) is 219 Å². The Labute approximate surface area is 385 Å². The van der Waals surface area contributed by atoms with Gasteiger partial charge in [0.15, 0.2) is 5.82 Å². The van der Waals surface area contributed by atoms with Crippen LogP contribution in [0.3, 0.4) is 0 Å². The lowest BCUT2D eigenvalue weighted by Gasteiger charge is -2.36. The van der Waals surface area contributed by atoms with Gasteiger partial charge in [-0.05, 0) is 119 Å². The fourth-order valence-corrected chi connectivity index (χ4v) is 11.7. The van der Waals surface area contributed by atoms with E-state index in [0.717, 1.165) is 33.6 Å². The quantitative estimate of drug-likeness (QED) is 0.156. The second kappa shape index (κ2) is 15.6. The predicted octanol–water partition coefficient (Wildman–Crippen LogP) is 17.2. The lowest BCUT2D eigenvalue weighted by molar-refractivity contribution is 0.353. The van der Waals surface area contributed by atoms with E-state index >= 15 is 0 Å². The van der Waals surface area contributed by atoms with Gasteiger partial charge in [0.05, 0.1) is 11.4 Å². The zero-order chi connectivity index (χ0) is 43.6. The molecule has 1 saturated carbocycles. The van der Waals surface area contributed by atoms with Crippen LogP contribution in [0.4, 0.5) is 0 Å². The zero-order valence-corrected chi connectivity index (χ0v) is 36.7. The van der Waals surface area contributed by atoms with E-state index in [9.17, 15) is 0 Å². The van der Waals surface area contributed by atoms with Gasteiger partial charge in [-0.2, -0.15) is 0 Å². The van der Waals surface area contributed by atoms with Gasteiger partial charge in [-0.3, -0.25) is 0 Å². The molecule has 2 aliphatic carbocycles. The van der Waals surface area contributed by atoms with E-state index in [4.69, 9.17) is 9.97 Å². The van der Waals surface area contributed by atoms with Crippen LogP contribution in [0, 0.1) is 0 Å². The molecular formula is C64H46N2. The van der Waals surface area contributed by atoms with Crippen molar-refractivity contribution in [2.75, 3.05) is 0 Å². The van der Waals surface area contributed by atoms with E-state index in [1.165, 1.54) is 114 Å². The Morgan fingerprint density at radius 3 is 1.47 bits per heavy atom. The largest absolute Gasteiger partial charge is 0.228 e. The molecule has 0 unspecified atom stereocenters. The molecule has 0 N–H and O–H groups in total. The van der Waals surface area contributed by atoms with E-state index < -0.39 is 0 Å². The fourth-order valence-electron chi connectivity index (χ4n) is 11.7. The van der Waals surface area contributed by atoms with Gasteiger partial charge in [-0.15, -0.1) is 0 Å². The van der Waals surface area contributed by atoms with Gasteiger partial charge < -0.3 is 0 Å². The lowest BCUT2D eigenvalue weighted by Crippen LogP contribution is -2.28. The van der Waals surface area contributed by atoms with E-state index in [1.54, 1.807) is 0 Å². The predicted molar refractivity (Wildman–Crippen MR) is 276 cm³/mol. The standard InChI is InChI=1S/C64H46N2/c1-4-19-42(20-5-1)43-33-35-44(36-34-43)58-41-59(66-63(65-58)45-21-6-2-7-22-45)48-25-10-11-26-49(48)60-50-27-12-14-29-52(50)61(53-30-15-13-28-51(53)60)54-31-18-32-56-62(54)55-39-46-23-8-9-24-47(46)40-57(55)64(56)37-16-3-17-38-64/h1-2,4-15,18-36,39-41H,3,16-17,37-38H2. The van der Waals surface area contributed by atoms with Crippen LogP contribution in [-0.4, -0.2) is 9.97 Å². The van der Waals surface area contributed by atoms with Crippen molar-refractivity contribution in [3.63, 3.8) is 0 Å².